The molecular formula is C19H14N4O2. The van der Waals surface area contributed by atoms with E-state index in [2.05, 4.69) is 20.5 Å². The molecule has 0 spiro atoms. The number of nitrogens with zero attached hydrogens (tertiary/aromatic N) is 2. The predicted molar refractivity (Wildman–Crippen MR) is 99.2 cm³/mol. The van der Waals surface area contributed by atoms with E-state index in [0.717, 1.165) is 10.8 Å². The fourth-order valence-corrected chi connectivity index (χ4v) is 2.72. The van der Waals surface area contributed by atoms with Crippen LogP contribution in [0.1, 0.15) is 5.56 Å². The highest BCUT2D eigenvalue weighted by Gasteiger charge is 2.05. The third kappa shape index (κ3) is 2.81. The number of hydrogen-bond donors (Lipinski definition) is 3. The Morgan fingerprint density at radius 3 is 2.64 bits per heavy atom. The Morgan fingerprint density at radius 2 is 1.76 bits per heavy atom. The van der Waals surface area contributed by atoms with Gasteiger partial charge in [-0.05, 0) is 29.0 Å². The van der Waals surface area contributed by atoms with E-state index in [1.807, 2.05) is 36.4 Å². The number of phenols is 1. The molecule has 0 aliphatic carbocycles. The highest BCUT2D eigenvalue weighted by atomic mass is 16.3. The zero-order chi connectivity index (χ0) is 17.2. The van der Waals surface area contributed by atoms with Crippen molar-refractivity contribution in [2.45, 2.75) is 0 Å². The van der Waals surface area contributed by atoms with E-state index < -0.39 is 0 Å². The summed E-state index contributed by atoms with van der Waals surface area (Å²) in [5, 5.41) is 16.6. The number of fused-ring (bicyclic) bond motifs is 2. The summed E-state index contributed by atoms with van der Waals surface area (Å²) in [5.74, 6) is 0.365. The average Bonchev–Trinajstić information content (AvgIpc) is 2.64. The SMILES string of the molecule is O=c1[nH]c(N/N=C/c2c(O)ccc3ccccc23)nc2ccccc12. The third-order valence-corrected chi connectivity index (χ3v) is 3.92. The largest absolute Gasteiger partial charge is 0.507 e. The third-order valence-electron chi connectivity index (χ3n) is 3.92. The van der Waals surface area contributed by atoms with Crippen LogP contribution in [0.25, 0.3) is 21.7 Å². The van der Waals surface area contributed by atoms with Crippen LogP contribution >= 0.6 is 0 Å². The molecule has 0 saturated carbocycles. The van der Waals surface area contributed by atoms with Crippen LogP contribution in [0.4, 0.5) is 5.95 Å². The van der Waals surface area contributed by atoms with Gasteiger partial charge in [0, 0.05) is 5.56 Å². The van der Waals surface area contributed by atoms with Crippen LogP contribution in [0.2, 0.25) is 0 Å². The molecule has 1 aromatic heterocycles. The molecule has 6 nitrogen and oxygen atoms in total. The molecule has 1 heterocycles. The maximum absolute atomic E-state index is 12.0. The van der Waals surface area contributed by atoms with Gasteiger partial charge in [0.1, 0.15) is 5.75 Å². The van der Waals surface area contributed by atoms with Crippen molar-refractivity contribution in [2.24, 2.45) is 5.10 Å². The molecule has 3 aromatic carbocycles. The summed E-state index contributed by atoms with van der Waals surface area (Å²) in [4.78, 5) is 19.0. The topological polar surface area (TPSA) is 90.4 Å². The van der Waals surface area contributed by atoms with Crippen molar-refractivity contribution in [3.63, 3.8) is 0 Å². The number of para-hydroxylation sites is 1. The van der Waals surface area contributed by atoms with Gasteiger partial charge in [-0.2, -0.15) is 5.10 Å². The normalized spacial score (nSPS) is 11.4. The number of hydrazone groups is 1. The van der Waals surface area contributed by atoms with Gasteiger partial charge in [0.25, 0.3) is 5.56 Å². The molecule has 122 valence electrons. The lowest BCUT2D eigenvalue weighted by Crippen LogP contribution is -2.11. The van der Waals surface area contributed by atoms with E-state index in [1.165, 1.54) is 6.21 Å². The lowest BCUT2D eigenvalue weighted by atomic mass is 10.0. The number of anilines is 1. The van der Waals surface area contributed by atoms with Crippen LogP contribution in [-0.4, -0.2) is 21.3 Å². The molecule has 0 unspecified atom stereocenters. The summed E-state index contributed by atoms with van der Waals surface area (Å²) in [7, 11) is 0. The summed E-state index contributed by atoms with van der Waals surface area (Å²) in [5.41, 5.74) is 3.64. The standard InChI is InChI=1S/C19H14N4O2/c24-17-10-9-12-5-1-2-6-13(12)15(17)11-20-23-19-21-16-8-4-3-7-14(16)18(25)22-19/h1-11,24H,(H2,21,22,23,25)/b20-11+. The van der Waals surface area contributed by atoms with E-state index in [0.29, 0.717) is 16.5 Å². The Balaban J connectivity index is 1.68. The smallest absolute Gasteiger partial charge is 0.260 e. The first kappa shape index (κ1) is 14.9. The molecule has 0 amide bonds. The average molecular weight is 330 g/mol. The first-order valence-electron chi connectivity index (χ1n) is 7.71. The highest BCUT2D eigenvalue weighted by Crippen LogP contribution is 2.25. The molecular weight excluding hydrogens is 316 g/mol. The second-order valence-corrected chi connectivity index (χ2v) is 5.52. The maximum atomic E-state index is 12.0. The van der Waals surface area contributed by atoms with Crippen molar-refractivity contribution in [1.82, 2.24) is 9.97 Å². The molecule has 0 bridgehead atoms. The van der Waals surface area contributed by atoms with Crippen molar-refractivity contribution in [1.29, 1.82) is 0 Å². The maximum Gasteiger partial charge on any atom is 0.260 e. The van der Waals surface area contributed by atoms with E-state index >= 15 is 0 Å². The molecule has 4 aromatic rings. The zero-order valence-corrected chi connectivity index (χ0v) is 13.1. The molecule has 0 radical (unpaired) electrons. The number of phenolic OH excluding ortho intramolecular Hbond substituents is 1. The van der Waals surface area contributed by atoms with Gasteiger partial charge in [0.15, 0.2) is 0 Å². The number of aromatic hydroxyl groups is 1. The second kappa shape index (κ2) is 6.09. The van der Waals surface area contributed by atoms with Crippen LogP contribution in [-0.2, 0) is 0 Å². The number of aromatic nitrogens is 2. The van der Waals surface area contributed by atoms with Crippen LogP contribution in [0.15, 0.2) is 70.6 Å². The Kier molecular flexibility index (Phi) is 3.63. The predicted octanol–water partition coefficient (Wildman–Crippen LogP) is 3.23. The van der Waals surface area contributed by atoms with Crippen molar-refractivity contribution < 1.29 is 5.11 Å². The Hall–Kier alpha value is -3.67. The Morgan fingerprint density at radius 1 is 1.00 bits per heavy atom. The van der Waals surface area contributed by atoms with Crippen molar-refractivity contribution in [3.8, 4) is 5.75 Å². The molecule has 0 atom stereocenters. The van der Waals surface area contributed by atoms with Crippen molar-refractivity contribution >= 4 is 33.8 Å². The van der Waals surface area contributed by atoms with Gasteiger partial charge in [-0.25, -0.2) is 10.4 Å². The number of nitrogens with one attached hydrogen (secondary N) is 2. The van der Waals surface area contributed by atoms with Crippen LogP contribution in [0.5, 0.6) is 5.75 Å². The van der Waals surface area contributed by atoms with Crippen LogP contribution in [0.3, 0.4) is 0 Å². The van der Waals surface area contributed by atoms with E-state index in [1.54, 1.807) is 24.3 Å². The summed E-state index contributed by atoms with van der Waals surface area (Å²) in [6.45, 7) is 0. The molecule has 0 fully saturated rings. The number of H-pyrrole nitrogens is 1. The number of benzene rings is 3. The second-order valence-electron chi connectivity index (χ2n) is 5.52. The van der Waals surface area contributed by atoms with Gasteiger partial charge in [-0.1, -0.05) is 42.5 Å². The summed E-state index contributed by atoms with van der Waals surface area (Å²) >= 11 is 0. The van der Waals surface area contributed by atoms with Gasteiger partial charge in [0.2, 0.25) is 5.95 Å². The van der Waals surface area contributed by atoms with Crippen molar-refractivity contribution in [3.05, 3.63) is 76.6 Å². The van der Waals surface area contributed by atoms with Crippen LogP contribution in [0, 0.1) is 0 Å². The van der Waals surface area contributed by atoms with Crippen LogP contribution < -0.4 is 11.0 Å². The van der Waals surface area contributed by atoms with E-state index in [9.17, 15) is 9.90 Å². The molecule has 25 heavy (non-hydrogen) atoms. The van der Waals surface area contributed by atoms with Gasteiger partial charge in [-0.15, -0.1) is 0 Å². The highest BCUT2D eigenvalue weighted by molar-refractivity contribution is 6.02. The fourth-order valence-electron chi connectivity index (χ4n) is 2.72. The van der Waals surface area contributed by atoms with Gasteiger partial charge >= 0.3 is 0 Å². The molecule has 6 heteroatoms. The summed E-state index contributed by atoms with van der Waals surface area (Å²) in [6.07, 6.45) is 1.51. The van der Waals surface area contributed by atoms with Gasteiger partial charge in [-0.3, -0.25) is 9.78 Å². The minimum Gasteiger partial charge on any atom is -0.507 e. The lowest BCUT2D eigenvalue weighted by Gasteiger charge is -2.05. The number of rotatable bonds is 3. The zero-order valence-electron chi connectivity index (χ0n) is 13.1. The summed E-state index contributed by atoms with van der Waals surface area (Å²) < 4.78 is 0. The first-order valence-corrected chi connectivity index (χ1v) is 7.71. The van der Waals surface area contributed by atoms with Gasteiger partial charge < -0.3 is 5.11 Å². The van der Waals surface area contributed by atoms with Crippen molar-refractivity contribution in [2.75, 3.05) is 5.43 Å². The molecule has 4 rings (SSSR count). The minimum absolute atomic E-state index is 0.129. The Bertz CT molecular complexity index is 1160. The number of aromatic amines is 1. The molecule has 0 aliphatic heterocycles. The summed E-state index contributed by atoms with van der Waals surface area (Å²) in [6, 6.07) is 18.2. The fraction of sp³-hybridized carbons (Fsp3) is 0. The monoisotopic (exact) mass is 330 g/mol. The van der Waals surface area contributed by atoms with E-state index in [4.69, 9.17) is 0 Å². The van der Waals surface area contributed by atoms with Gasteiger partial charge in [0.05, 0.1) is 17.1 Å². The Labute approximate surface area is 142 Å². The molecule has 0 saturated heterocycles. The quantitative estimate of drug-likeness (QED) is 0.397. The lowest BCUT2D eigenvalue weighted by molar-refractivity contribution is 0.475. The van der Waals surface area contributed by atoms with E-state index in [-0.39, 0.29) is 17.3 Å². The molecule has 0 aliphatic rings. The number of hydrogen-bond acceptors (Lipinski definition) is 5. The molecule has 3 N–H and O–H groups in total. The minimum atomic E-state index is -0.240. The first-order chi connectivity index (χ1) is 12.2.